The average Bonchev–Trinajstić information content (AvgIpc) is 1.67. The summed E-state index contributed by atoms with van der Waals surface area (Å²) >= 11 is 0. The zero-order chi connectivity index (χ0) is 81.3. The van der Waals surface area contributed by atoms with E-state index >= 15 is 0 Å². The smallest absolute Gasteiger partial charge is 0.143 e. The Hall–Kier alpha value is -16.2. The molecule has 0 atom stereocenters. The second-order valence-electron chi connectivity index (χ2n) is 31.9. The molecule has 3 heteroatoms. The lowest BCUT2D eigenvalue weighted by Crippen LogP contribution is -1.87. The molecule has 0 saturated heterocycles. The van der Waals surface area contributed by atoms with Crippen molar-refractivity contribution in [1.29, 1.82) is 0 Å². The molecule has 0 aliphatic rings. The van der Waals surface area contributed by atoms with Crippen LogP contribution in [-0.4, -0.2) is 0 Å². The molecule has 0 fully saturated rings. The van der Waals surface area contributed by atoms with Crippen LogP contribution in [0.2, 0.25) is 0 Å². The molecule has 3 heterocycles. The molecular weight excluding hydrogens is 1490 g/mol. The predicted octanol–water partition coefficient (Wildman–Crippen LogP) is 34.3. The number of fused-ring (bicyclic) bond motifs is 18. The van der Waals surface area contributed by atoms with Gasteiger partial charge in [0, 0.05) is 60.1 Å². The lowest BCUT2D eigenvalue weighted by molar-refractivity contribution is 0.670. The van der Waals surface area contributed by atoms with Crippen molar-refractivity contribution in [2.24, 2.45) is 0 Å². The van der Waals surface area contributed by atoms with Crippen LogP contribution < -0.4 is 0 Å². The first-order valence-corrected chi connectivity index (χ1v) is 42.1. The van der Waals surface area contributed by atoms with Gasteiger partial charge in [0.05, 0.1) is 0 Å². The highest BCUT2D eigenvalue weighted by Crippen LogP contribution is 2.48. The van der Waals surface area contributed by atoms with Crippen molar-refractivity contribution in [1.82, 2.24) is 0 Å². The highest BCUT2D eigenvalue weighted by atomic mass is 16.3. The third-order valence-electron chi connectivity index (χ3n) is 24.8. The van der Waals surface area contributed by atoms with Crippen LogP contribution in [0.3, 0.4) is 0 Å². The number of furan rings is 3. The zero-order valence-corrected chi connectivity index (χ0v) is 67.1. The Bertz CT molecular complexity index is 8400. The molecule has 123 heavy (non-hydrogen) atoms. The van der Waals surface area contributed by atoms with Crippen LogP contribution in [0, 0.1) is 0 Å². The number of para-hydroxylation sites is 4. The Morgan fingerprint density at radius 3 is 0.772 bits per heavy atom. The van der Waals surface area contributed by atoms with Gasteiger partial charge in [-0.1, -0.05) is 406 Å². The summed E-state index contributed by atoms with van der Waals surface area (Å²) in [7, 11) is 0. The molecule has 22 aromatic carbocycles. The molecule has 3 aromatic heterocycles. The maximum Gasteiger partial charge on any atom is 0.143 e. The molecule has 0 unspecified atom stereocenters. The summed E-state index contributed by atoms with van der Waals surface area (Å²) in [6.07, 6.45) is 0. The van der Waals surface area contributed by atoms with Crippen molar-refractivity contribution in [2.45, 2.75) is 0 Å². The molecule has 0 amide bonds. The Morgan fingerprint density at radius 1 is 0.106 bits per heavy atom. The van der Waals surface area contributed by atoms with Gasteiger partial charge in [0.1, 0.15) is 33.5 Å². The second-order valence-corrected chi connectivity index (χ2v) is 31.9. The topological polar surface area (TPSA) is 39.4 Å². The molecule has 0 spiro atoms. The van der Waals surface area contributed by atoms with Gasteiger partial charge in [-0.3, -0.25) is 0 Å². The summed E-state index contributed by atoms with van der Waals surface area (Å²) in [6, 6.07) is 165. The highest BCUT2D eigenvalue weighted by Gasteiger charge is 2.22. The van der Waals surface area contributed by atoms with E-state index in [0.29, 0.717) is 0 Å². The quantitative estimate of drug-likeness (QED) is 0.128. The van der Waals surface area contributed by atoms with Gasteiger partial charge >= 0.3 is 0 Å². The Morgan fingerprint density at radius 2 is 0.366 bits per heavy atom. The van der Waals surface area contributed by atoms with Crippen molar-refractivity contribution in [3.05, 3.63) is 461 Å². The number of hydrogen-bond donors (Lipinski definition) is 0. The fraction of sp³-hybridized carbons (Fsp3) is 0. The third kappa shape index (κ3) is 12.9. The van der Waals surface area contributed by atoms with E-state index in [2.05, 4.69) is 449 Å². The summed E-state index contributed by atoms with van der Waals surface area (Å²) in [6.45, 7) is 0. The van der Waals surface area contributed by atoms with Crippen molar-refractivity contribution in [2.75, 3.05) is 0 Å². The largest absolute Gasteiger partial charge is 0.455 e. The Balaban J connectivity index is 0.000000107. The molecule has 0 aliphatic heterocycles. The van der Waals surface area contributed by atoms with Crippen molar-refractivity contribution < 1.29 is 13.3 Å². The molecule has 574 valence electrons. The molecule has 0 saturated carbocycles. The third-order valence-corrected chi connectivity index (χ3v) is 24.8. The van der Waals surface area contributed by atoms with E-state index < -0.39 is 0 Å². The van der Waals surface area contributed by atoms with Gasteiger partial charge in [-0.25, -0.2) is 0 Å². The maximum absolute atomic E-state index is 6.70. The fourth-order valence-electron chi connectivity index (χ4n) is 18.9. The molecule has 0 radical (unpaired) electrons. The molecular formula is C120H76O3. The van der Waals surface area contributed by atoms with Gasteiger partial charge in [0.25, 0.3) is 0 Å². The van der Waals surface area contributed by atoms with Crippen LogP contribution in [-0.2, 0) is 0 Å². The molecule has 3 nitrogen and oxygen atoms in total. The molecule has 25 rings (SSSR count). The Labute approximate surface area is 711 Å². The normalized spacial score (nSPS) is 11.6. The summed E-state index contributed by atoms with van der Waals surface area (Å²) in [5.41, 5.74) is 28.9. The van der Waals surface area contributed by atoms with Crippen LogP contribution in [0.5, 0.6) is 0 Å². The van der Waals surface area contributed by atoms with Gasteiger partial charge in [0.2, 0.25) is 0 Å². The number of hydrogen-bond acceptors (Lipinski definition) is 3. The van der Waals surface area contributed by atoms with E-state index in [0.717, 1.165) is 121 Å². The van der Waals surface area contributed by atoms with E-state index in [1.165, 1.54) is 120 Å². The monoisotopic (exact) mass is 1560 g/mol. The first-order valence-electron chi connectivity index (χ1n) is 42.1. The predicted molar refractivity (Wildman–Crippen MR) is 521 cm³/mol. The maximum atomic E-state index is 6.70. The van der Waals surface area contributed by atoms with Crippen molar-refractivity contribution in [3.8, 4) is 111 Å². The van der Waals surface area contributed by atoms with E-state index in [-0.39, 0.29) is 0 Å². The van der Waals surface area contributed by atoms with Crippen LogP contribution in [0.1, 0.15) is 0 Å². The number of rotatable bonds is 10. The minimum Gasteiger partial charge on any atom is -0.455 e. The highest BCUT2D eigenvalue weighted by molar-refractivity contribution is 6.20. The number of benzene rings is 22. The van der Waals surface area contributed by atoms with Crippen LogP contribution in [0.15, 0.2) is 474 Å². The van der Waals surface area contributed by atoms with Crippen molar-refractivity contribution in [3.63, 3.8) is 0 Å². The minimum atomic E-state index is 0.896. The first kappa shape index (κ1) is 72.1. The van der Waals surface area contributed by atoms with Crippen molar-refractivity contribution >= 4 is 130 Å². The average molecular weight is 1570 g/mol. The van der Waals surface area contributed by atoms with E-state index in [4.69, 9.17) is 13.3 Å². The lowest BCUT2D eigenvalue weighted by Gasteiger charge is -2.13. The SMILES string of the molecule is c1ccc(-c2ccc3oc4c(-c5cccc(-c6cc7ccccc7c7ccccc67)c5)cc(-c5ccccc5)cc4c3c2)cc1.c1ccc(-c2cccc3c2oc2c(-c4ccc(-c5cc6ccccc6c6ccccc56)cc4)cccc23)cc1.c1ccc(-c2cccc3c2oc2c(-c4cccc(-c5cc6ccccc6c6ccccc56)c4)cccc23)cc1. The summed E-state index contributed by atoms with van der Waals surface area (Å²) < 4.78 is 20.0. The molecule has 25 aromatic rings. The van der Waals surface area contributed by atoms with Gasteiger partial charge in [-0.05, 0) is 203 Å². The van der Waals surface area contributed by atoms with Gasteiger partial charge in [-0.2, -0.15) is 0 Å². The van der Waals surface area contributed by atoms with Gasteiger partial charge in [0.15, 0.2) is 0 Å². The summed E-state index contributed by atoms with van der Waals surface area (Å²) in [4.78, 5) is 0. The van der Waals surface area contributed by atoms with Crippen LogP contribution in [0.25, 0.3) is 242 Å². The lowest BCUT2D eigenvalue weighted by atomic mass is 9.90. The summed E-state index contributed by atoms with van der Waals surface area (Å²) in [5, 5.41) is 22.1. The second kappa shape index (κ2) is 30.6. The zero-order valence-electron chi connectivity index (χ0n) is 67.1. The molecule has 0 aliphatic carbocycles. The molecule has 0 N–H and O–H groups in total. The van der Waals surface area contributed by atoms with E-state index in [9.17, 15) is 0 Å². The molecule has 0 bridgehead atoms. The standard InChI is InChI=1S/C44H28O.2C38H24O/c1-3-12-29(13-4-1)31-22-23-43-41(25-31)42-28-35(30-14-5-2-6-15-30)27-40(44(42)45-43)33-18-11-17-32(24-33)39-26-34-16-7-8-19-36(34)37-20-9-10-21-38(37)39;1-2-11-25(12-3-1)30-19-9-21-34-35-22-10-20-31(38(35)39-37(30)34)26-14-8-15-27(23-26)36-24-28-13-4-5-16-29(28)32-17-6-7-18-33(32)36;1-2-10-25(11-3-1)30-16-8-18-34-35-19-9-17-31(38(35)39-37(30)34)26-20-22-27(23-21-26)36-24-28-12-4-5-13-29(28)32-14-6-7-15-33(32)36/h1-28H;2*1-24H. The van der Waals surface area contributed by atoms with Gasteiger partial charge < -0.3 is 13.3 Å². The van der Waals surface area contributed by atoms with E-state index in [1.807, 2.05) is 12.1 Å². The summed E-state index contributed by atoms with van der Waals surface area (Å²) in [5.74, 6) is 0. The van der Waals surface area contributed by atoms with Gasteiger partial charge in [-0.15, -0.1) is 0 Å². The minimum absolute atomic E-state index is 0.896. The van der Waals surface area contributed by atoms with Crippen LogP contribution >= 0.6 is 0 Å². The Kier molecular flexibility index (Phi) is 17.9. The fourth-order valence-corrected chi connectivity index (χ4v) is 18.9. The first-order chi connectivity index (χ1) is 61.0. The van der Waals surface area contributed by atoms with E-state index in [1.54, 1.807) is 0 Å². The van der Waals surface area contributed by atoms with Crippen LogP contribution in [0.4, 0.5) is 0 Å².